The molecular weight excluding hydrogens is 309 g/mol. The van der Waals surface area contributed by atoms with Crippen molar-refractivity contribution in [3.05, 3.63) is 57.8 Å². The third kappa shape index (κ3) is 2.60. The number of aryl methyl sites for hydroxylation is 2. The fourth-order valence-corrected chi connectivity index (χ4v) is 2.70. The first-order valence-electron chi connectivity index (χ1n) is 6.82. The lowest BCUT2D eigenvalue weighted by molar-refractivity contribution is -0.136. The number of aromatic nitrogens is 4. The summed E-state index contributed by atoms with van der Waals surface area (Å²) in [4.78, 5) is 16.2. The molecule has 0 aliphatic heterocycles. The molecule has 3 aromatic heterocycles. The topological polar surface area (TPSA) is 52.7 Å². The molecule has 0 saturated carbocycles. The van der Waals surface area contributed by atoms with Gasteiger partial charge < -0.3 is 0 Å². The van der Waals surface area contributed by atoms with Crippen LogP contribution in [0.25, 0.3) is 11.0 Å². The van der Waals surface area contributed by atoms with Gasteiger partial charge in [-0.2, -0.15) is 18.3 Å². The molecule has 0 aromatic carbocycles. The van der Waals surface area contributed by atoms with Crippen LogP contribution < -0.4 is 5.56 Å². The summed E-state index contributed by atoms with van der Waals surface area (Å²) < 4.78 is 42.4. The highest BCUT2D eigenvalue weighted by atomic mass is 19.4. The summed E-state index contributed by atoms with van der Waals surface area (Å²) in [5.41, 5.74) is -0.516. The molecule has 0 bridgehead atoms. The van der Waals surface area contributed by atoms with Gasteiger partial charge in [-0.3, -0.25) is 19.0 Å². The number of alkyl halides is 3. The van der Waals surface area contributed by atoms with Crippen molar-refractivity contribution in [2.75, 3.05) is 0 Å². The molecule has 0 spiro atoms. The van der Waals surface area contributed by atoms with Crippen molar-refractivity contribution in [3.8, 4) is 0 Å². The molecule has 0 amide bonds. The van der Waals surface area contributed by atoms with Gasteiger partial charge in [0.15, 0.2) is 0 Å². The van der Waals surface area contributed by atoms with Crippen LogP contribution in [0, 0.1) is 6.92 Å². The molecule has 5 nitrogen and oxygen atoms in total. The minimum Gasteiger partial charge on any atom is -0.288 e. The maximum Gasteiger partial charge on any atom is 0.417 e. The first-order chi connectivity index (χ1) is 10.8. The highest BCUT2D eigenvalue weighted by Gasteiger charge is 2.35. The molecule has 0 aliphatic rings. The molecule has 0 saturated heterocycles. The van der Waals surface area contributed by atoms with Crippen LogP contribution in [-0.2, 0) is 19.8 Å². The van der Waals surface area contributed by atoms with E-state index in [0.29, 0.717) is 6.07 Å². The Morgan fingerprint density at radius 3 is 2.48 bits per heavy atom. The summed E-state index contributed by atoms with van der Waals surface area (Å²) in [6.07, 6.45) is -1.48. The number of rotatable bonds is 2. The Balaban J connectivity index is 2.32. The fourth-order valence-electron chi connectivity index (χ4n) is 2.70. The molecule has 0 radical (unpaired) electrons. The average Bonchev–Trinajstić information content (AvgIpc) is 2.77. The summed E-state index contributed by atoms with van der Waals surface area (Å²) in [6, 6.07) is 4.05. The van der Waals surface area contributed by atoms with Crippen LogP contribution in [0.5, 0.6) is 0 Å². The van der Waals surface area contributed by atoms with Crippen LogP contribution in [0.15, 0.2) is 35.4 Å². The molecule has 0 fully saturated rings. The van der Waals surface area contributed by atoms with Crippen LogP contribution >= 0.6 is 0 Å². The molecule has 3 heterocycles. The molecular formula is C15H13F3N4O. The maximum absolute atomic E-state index is 13.3. The summed E-state index contributed by atoms with van der Waals surface area (Å²) in [7, 11) is 1.53. The molecule has 120 valence electrons. The minimum absolute atomic E-state index is 0.0475. The van der Waals surface area contributed by atoms with Crippen molar-refractivity contribution in [1.29, 1.82) is 0 Å². The van der Waals surface area contributed by atoms with Crippen LogP contribution in [-0.4, -0.2) is 19.3 Å². The second-order valence-electron chi connectivity index (χ2n) is 5.24. The number of hydrogen-bond acceptors (Lipinski definition) is 3. The Labute approximate surface area is 129 Å². The molecule has 0 atom stereocenters. The van der Waals surface area contributed by atoms with Crippen molar-refractivity contribution >= 4 is 11.0 Å². The van der Waals surface area contributed by atoms with Crippen LogP contribution in [0.3, 0.4) is 0 Å². The average molecular weight is 322 g/mol. The van der Waals surface area contributed by atoms with Crippen LogP contribution in [0.2, 0.25) is 0 Å². The number of nitrogens with zero attached hydrogens (tertiary/aromatic N) is 4. The highest BCUT2D eigenvalue weighted by Crippen LogP contribution is 2.35. The van der Waals surface area contributed by atoms with E-state index in [2.05, 4.69) is 10.1 Å². The molecule has 0 N–H and O–H groups in total. The van der Waals surface area contributed by atoms with Gasteiger partial charge in [0.1, 0.15) is 5.65 Å². The van der Waals surface area contributed by atoms with Gasteiger partial charge in [0.05, 0.1) is 23.2 Å². The van der Waals surface area contributed by atoms with E-state index in [1.807, 2.05) is 0 Å². The van der Waals surface area contributed by atoms with Crippen molar-refractivity contribution < 1.29 is 13.2 Å². The van der Waals surface area contributed by atoms with Gasteiger partial charge in [-0.15, -0.1) is 0 Å². The van der Waals surface area contributed by atoms with E-state index in [1.165, 1.54) is 23.2 Å². The first kappa shape index (κ1) is 15.3. The van der Waals surface area contributed by atoms with E-state index < -0.39 is 17.3 Å². The van der Waals surface area contributed by atoms with Gasteiger partial charge in [-0.1, -0.05) is 0 Å². The predicted octanol–water partition coefficient (Wildman–Crippen LogP) is 2.51. The SMILES string of the molecule is Cc1nn(C)c2c1c(C(F)(F)F)cc(=O)n2Cc1ccncc1. The Morgan fingerprint density at radius 1 is 1.22 bits per heavy atom. The zero-order chi connectivity index (χ0) is 16.8. The van der Waals surface area contributed by atoms with Gasteiger partial charge in [-0.25, -0.2) is 0 Å². The van der Waals surface area contributed by atoms with Gasteiger partial charge in [0.25, 0.3) is 5.56 Å². The zero-order valence-electron chi connectivity index (χ0n) is 12.4. The normalized spacial score (nSPS) is 12.0. The van der Waals surface area contributed by atoms with Gasteiger partial charge in [0, 0.05) is 25.5 Å². The largest absolute Gasteiger partial charge is 0.417 e. The predicted molar refractivity (Wildman–Crippen MR) is 78.1 cm³/mol. The van der Waals surface area contributed by atoms with E-state index in [4.69, 9.17) is 0 Å². The smallest absolute Gasteiger partial charge is 0.288 e. The molecule has 0 aliphatic carbocycles. The van der Waals surface area contributed by atoms with Crippen molar-refractivity contribution in [2.45, 2.75) is 19.6 Å². The fraction of sp³-hybridized carbons (Fsp3) is 0.267. The number of hydrogen-bond donors (Lipinski definition) is 0. The van der Waals surface area contributed by atoms with Crippen LogP contribution in [0.1, 0.15) is 16.8 Å². The summed E-state index contributed by atoms with van der Waals surface area (Å²) >= 11 is 0. The van der Waals surface area contributed by atoms with E-state index in [1.54, 1.807) is 24.5 Å². The highest BCUT2D eigenvalue weighted by molar-refractivity contribution is 5.83. The quantitative estimate of drug-likeness (QED) is 0.728. The molecule has 23 heavy (non-hydrogen) atoms. The third-order valence-corrected chi connectivity index (χ3v) is 3.65. The lowest BCUT2D eigenvalue weighted by atomic mass is 10.1. The molecule has 3 aromatic rings. The van der Waals surface area contributed by atoms with Gasteiger partial charge in [0.2, 0.25) is 0 Å². The minimum atomic E-state index is -4.61. The Bertz CT molecular complexity index is 926. The number of fused-ring (bicyclic) bond motifs is 1. The van der Waals surface area contributed by atoms with Crippen molar-refractivity contribution in [3.63, 3.8) is 0 Å². The Hall–Kier alpha value is -2.64. The maximum atomic E-state index is 13.3. The third-order valence-electron chi connectivity index (χ3n) is 3.65. The Kier molecular flexibility index (Phi) is 3.46. The number of pyridine rings is 2. The molecule has 0 unspecified atom stereocenters. The first-order valence-corrected chi connectivity index (χ1v) is 6.82. The standard InChI is InChI=1S/C15H13F3N4O/c1-9-13-11(15(16,17)18)7-12(23)22(14(13)21(2)20-9)8-10-3-5-19-6-4-10/h3-7H,8H2,1-2H3. The van der Waals surface area contributed by atoms with Crippen molar-refractivity contribution in [2.24, 2.45) is 7.05 Å². The zero-order valence-corrected chi connectivity index (χ0v) is 12.4. The lowest BCUT2D eigenvalue weighted by Crippen LogP contribution is -2.24. The monoisotopic (exact) mass is 322 g/mol. The van der Waals surface area contributed by atoms with E-state index >= 15 is 0 Å². The van der Waals surface area contributed by atoms with Crippen LogP contribution in [0.4, 0.5) is 13.2 Å². The molecule has 8 heteroatoms. The van der Waals surface area contributed by atoms with Crippen molar-refractivity contribution in [1.82, 2.24) is 19.3 Å². The Morgan fingerprint density at radius 2 is 1.87 bits per heavy atom. The summed E-state index contributed by atoms with van der Waals surface area (Å²) in [5.74, 6) is 0. The second kappa shape index (κ2) is 5.22. The molecule has 3 rings (SSSR count). The van der Waals surface area contributed by atoms with Gasteiger partial charge in [-0.05, 0) is 24.6 Å². The van der Waals surface area contributed by atoms with E-state index in [9.17, 15) is 18.0 Å². The van der Waals surface area contributed by atoms with E-state index in [0.717, 1.165) is 5.56 Å². The lowest BCUT2D eigenvalue weighted by Gasteiger charge is -2.13. The van der Waals surface area contributed by atoms with E-state index in [-0.39, 0.29) is 23.3 Å². The second-order valence-corrected chi connectivity index (χ2v) is 5.24. The van der Waals surface area contributed by atoms with Gasteiger partial charge >= 0.3 is 6.18 Å². The summed E-state index contributed by atoms with van der Waals surface area (Å²) in [5, 5.41) is 4.00. The number of halogens is 3. The summed E-state index contributed by atoms with van der Waals surface area (Å²) in [6.45, 7) is 1.65.